The van der Waals surface area contributed by atoms with Crippen molar-refractivity contribution in [3.05, 3.63) is 108 Å². The van der Waals surface area contributed by atoms with Crippen LogP contribution < -0.4 is 0 Å². The Kier molecular flexibility index (Phi) is 3.87. The first kappa shape index (κ1) is 15.7. The van der Waals surface area contributed by atoms with E-state index >= 15 is 0 Å². The molecule has 0 spiro atoms. The van der Waals surface area contributed by atoms with E-state index < -0.39 is 0 Å². The zero-order valence-corrected chi connectivity index (χ0v) is 14.8. The lowest BCUT2D eigenvalue weighted by molar-refractivity contribution is 1.27. The van der Waals surface area contributed by atoms with Crippen LogP contribution in [0.3, 0.4) is 0 Å². The highest BCUT2D eigenvalue weighted by molar-refractivity contribution is 5.95. The molecule has 2 aromatic carbocycles. The van der Waals surface area contributed by atoms with Gasteiger partial charge >= 0.3 is 0 Å². The Labute approximate surface area is 158 Å². The van der Waals surface area contributed by atoms with Crippen LogP contribution in [0.15, 0.2) is 91.3 Å². The summed E-state index contributed by atoms with van der Waals surface area (Å²) in [7, 11) is 0. The molecule has 0 aliphatic heterocycles. The molecule has 0 bridgehead atoms. The van der Waals surface area contributed by atoms with Crippen LogP contribution in [-0.4, -0.2) is 9.97 Å². The van der Waals surface area contributed by atoms with Gasteiger partial charge in [-0.15, -0.1) is 0 Å². The van der Waals surface area contributed by atoms with Crippen molar-refractivity contribution in [2.24, 2.45) is 0 Å². The van der Waals surface area contributed by atoms with Crippen LogP contribution in [0.5, 0.6) is 0 Å². The normalized spacial score (nSPS) is 12.5. The highest BCUT2D eigenvalue weighted by Crippen LogP contribution is 2.39. The van der Waals surface area contributed by atoms with E-state index in [0.29, 0.717) is 0 Å². The molecule has 0 fully saturated rings. The molecule has 0 unspecified atom stereocenters. The molecule has 128 valence electrons. The van der Waals surface area contributed by atoms with Gasteiger partial charge in [-0.2, -0.15) is 0 Å². The van der Waals surface area contributed by atoms with E-state index in [1.54, 1.807) is 0 Å². The number of aromatic nitrogens is 2. The van der Waals surface area contributed by atoms with Crippen LogP contribution in [-0.2, 0) is 6.42 Å². The van der Waals surface area contributed by atoms with Gasteiger partial charge in [0.15, 0.2) is 0 Å². The van der Waals surface area contributed by atoms with Gasteiger partial charge < -0.3 is 0 Å². The molecule has 0 saturated carbocycles. The number of pyridine rings is 2. The number of hydrogen-bond acceptors (Lipinski definition) is 2. The Morgan fingerprint density at radius 3 is 2.04 bits per heavy atom. The summed E-state index contributed by atoms with van der Waals surface area (Å²) in [6.45, 7) is 0. The summed E-state index contributed by atoms with van der Waals surface area (Å²) >= 11 is 0. The van der Waals surface area contributed by atoms with Gasteiger partial charge in [0.05, 0.1) is 11.4 Å². The zero-order chi connectivity index (χ0) is 18.1. The average Bonchev–Trinajstić information content (AvgIpc) is 3.19. The lowest BCUT2D eigenvalue weighted by Gasteiger charge is -2.11. The van der Waals surface area contributed by atoms with Crippen LogP contribution >= 0.6 is 0 Å². The fourth-order valence-electron chi connectivity index (χ4n) is 3.71. The number of benzene rings is 2. The highest BCUT2D eigenvalue weighted by atomic mass is 14.7. The van der Waals surface area contributed by atoms with E-state index in [1.165, 1.54) is 27.8 Å². The Morgan fingerprint density at radius 2 is 1.33 bits per heavy atom. The van der Waals surface area contributed by atoms with Crippen molar-refractivity contribution < 1.29 is 0 Å². The van der Waals surface area contributed by atoms with Crippen LogP contribution in [0, 0.1) is 0 Å². The number of allylic oxidation sites excluding steroid dienone is 1. The van der Waals surface area contributed by atoms with E-state index in [2.05, 4.69) is 70.6 Å². The second kappa shape index (κ2) is 6.65. The first-order chi connectivity index (χ1) is 13.4. The van der Waals surface area contributed by atoms with E-state index in [1.807, 2.05) is 36.7 Å². The number of rotatable bonds is 3. The summed E-state index contributed by atoms with van der Waals surface area (Å²) in [6, 6.07) is 27.2. The van der Waals surface area contributed by atoms with E-state index in [9.17, 15) is 0 Å². The first-order valence-corrected chi connectivity index (χ1v) is 9.14. The summed E-state index contributed by atoms with van der Waals surface area (Å²) in [5, 5.41) is 0. The second-order valence-corrected chi connectivity index (χ2v) is 6.74. The van der Waals surface area contributed by atoms with Crippen molar-refractivity contribution in [1.29, 1.82) is 0 Å². The van der Waals surface area contributed by atoms with Crippen LogP contribution in [0.4, 0.5) is 0 Å². The topological polar surface area (TPSA) is 25.8 Å². The molecule has 0 saturated heterocycles. The molecule has 5 rings (SSSR count). The molecule has 2 aromatic heterocycles. The standard InChI is InChI=1S/C25H18N2/c1-2-8-18(9-3-1)19-14-20-15-21(24-10-4-6-12-26-24)17-23(22(20)16-19)25-11-5-7-13-27-25/h1-13,15-17H,14H2. The molecule has 0 atom stereocenters. The lowest BCUT2D eigenvalue weighted by atomic mass is 9.95. The molecule has 2 nitrogen and oxygen atoms in total. The van der Waals surface area contributed by atoms with Gasteiger partial charge in [-0.1, -0.05) is 42.5 Å². The summed E-state index contributed by atoms with van der Waals surface area (Å²) in [6.07, 6.45) is 6.94. The summed E-state index contributed by atoms with van der Waals surface area (Å²) in [5.74, 6) is 0. The van der Waals surface area contributed by atoms with E-state index in [0.717, 1.165) is 23.4 Å². The predicted molar refractivity (Wildman–Crippen MR) is 111 cm³/mol. The fourth-order valence-corrected chi connectivity index (χ4v) is 3.71. The molecular formula is C25H18N2. The average molecular weight is 346 g/mol. The Morgan fingerprint density at radius 1 is 0.630 bits per heavy atom. The third kappa shape index (κ3) is 2.96. The minimum atomic E-state index is 0.930. The van der Waals surface area contributed by atoms with Crippen LogP contribution in [0.1, 0.15) is 16.7 Å². The lowest BCUT2D eigenvalue weighted by Crippen LogP contribution is -1.93. The van der Waals surface area contributed by atoms with E-state index in [-0.39, 0.29) is 0 Å². The summed E-state index contributed by atoms with van der Waals surface area (Å²) in [5.41, 5.74) is 9.52. The monoisotopic (exact) mass is 346 g/mol. The molecule has 4 aromatic rings. The molecule has 0 N–H and O–H groups in total. The zero-order valence-electron chi connectivity index (χ0n) is 14.8. The van der Waals surface area contributed by atoms with Crippen molar-refractivity contribution in [2.75, 3.05) is 0 Å². The Balaban J connectivity index is 1.69. The Bertz CT molecular complexity index is 1120. The van der Waals surface area contributed by atoms with Crippen LogP contribution in [0.2, 0.25) is 0 Å². The smallest absolute Gasteiger partial charge is 0.0708 e. The molecule has 1 aliphatic carbocycles. The van der Waals surface area contributed by atoms with Crippen molar-refractivity contribution in [1.82, 2.24) is 9.97 Å². The minimum absolute atomic E-state index is 0.930. The van der Waals surface area contributed by atoms with Gasteiger partial charge in [0.1, 0.15) is 0 Å². The first-order valence-electron chi connectivity index (χ1n) is 9.14. The second-order valence-electron chi connectivity index (χ2n) is 6.74. The van der Waals surface area contributed by atoms with Gasteiger partial charge in [-0.25, -0.2) is 0 Å². The maximum Gasteiger partial charge on any atom is 0.0708 e. The minimum Gasteiger partial charge on any atom is -0.256 e. The molecule has 27 heavy (non-hydrogen) atoms. The third-order valence-electron chi connectivity index (χ3n) is 5.01. The van der Waals surface area contributed by atoms with Crippen molar-refractivity contribution in [2.45, 2.75) is 6.42 Å². The van der Waals surface area contributed by atoms with Gasteiger partial charge in [-0.3, -0.25) is 9.97 Å². The van der Waals surface area contributed by atoms with Crippen molar-refractivity contribution >= 4 is 11.6 Å². The molecule has 2 heterocycles. The molecule has 2 heteroatoms. The summed E-state index contributed by atoms with van der Waals surface area (Å²) < 4.78 is 0. The van der Waals surface area contributed by atoms with Gasteiger partial charge in [0, 0.05) is 23.5 Å². The maximum absolute atomic E-state index is 4.61. The largest absolute Gasteiger partial charge is 0.256 e. The molecular weight excluding hydrogens is 328 g/mol. The van der Waals surface area contributed by atoms with E-state index in [4.69, 9.17) is 0 Å². The molecule has 1 aliphatic rings. The third-order valence-corrected chi connectivity index (χ3v) is 5.01. The van der Waals surface area contributed by atoms with Gasteiger partial charge in [0.2, 0.25) is 0 Å². The number of hydrogen-bond donors (Lipinski definition) is 0. The quantitative estimate of drug-likeness (QED) is 0.461. The summed E-state index contributed by atoms with van der Waals surface area (Å²) in [4.78, 5) is 9.16. The van der Waals surface area contributed by atoms with Crippen molar-refractivity contribution in [3.63, 3.8) is 0 Å². The molecule has 0 amide bonds. The number of fused-ring (bicyclic) bond motifs is 1. The number of nitrogens with zero attached hydrogens (tertiary/aromatic N) is 2. The fraction of sp³-hybridized carbons (Fsp3) is 0.0400. The maximum atomic E-state index is 4.61. The Hall–Kier alpha value is -3.52. The molecule has 0 radical (unpaired) electrons. The highest BCUT2D eigenvalue weighted by Gasteiger charge is 2.20. The van der Waals surface area contributed by atoms with Crippen LogP contribution in [0.25, 0.3) is 34.2 Å². The van der Waals surface area contributed by atoms with Gasteiger partial charge in [0.25, 0.3) is 0 Å². The van der Waals surface area contributed by atoms with Gasteiger partial charge in [-0.05, 0) is 71.2 Å². The SMILES string of the molecule is C1=C(c2ccccc2)Cc2cc(-c3ccccn3)cc(-c3ccccn3)c21. The van der Waals surface area contributed by atoms with Crippen molar-refractivity contribution in [3.8, 4) is 22.5 Å². The predicted octanol–water partition coefficient (Wildman–Crippen LogP) is 5.91.